The number of amides is 5. The van der Waals surface area contributed by atoms with Gasteiger partial charge in [-0.25, -0.2) is 9.59 Å². The molecule has 2 atom stereocenters. The third-order valence-corrected chi connectivity index (χ3v) is 5.83. The Balaban J connectivity index is 1.69. The van der Waals surface area contributed by atoms with E-state index in [1.807, 2.05) is 51.1 Å². The second-order valence-electron chi connectivity index (χ2n) is 9.00. The van der Waals surface area contributed by atoms with Crippen LogP contribution in [0.3, 0.4) is 0 Å². The predicted octanol–water partition coefficient (Wildman–Crippen LogP) is 3.08. The van der Waals surface area contributed by atoms with E-state index in [9.17, 15) is 14.4 Å². The zero-order valence-electron chi connectivity index (χ0n) is 20.8. The van der Waals surface area contributed by atoms with Crippen molar-refractivity contribution in [2.75, 3.05) is 32.1 Å². The number of methoxy groups -OCH3 is 1. The van der Waals surface area contributed by atoms with Crippen LogP contribution in [0.5, 0.6) is 5.75 Å². The summed E-state index contributed by atoms with van der Waals surface area (Å²) in [6, 6.07) is 15.1. The number of rotatable bonds is 7. The maximum atomic E-state index is 13.5. The summed E-state index contributed by atoms with van der Waals surface area (Å²) in [6.45, 7) is 6.99. The number of nitrogens with zero attached hydrogens (tertiary/aromatic N) is 2. The fourth-order valence-electron chi connectivity index (χ4n) is 4.09. The molecule has 9 nitrogen and oxygen atoms in total. The molecule has 0 bridgehead atoms. The van der Waals surface area contributed by atoms with Gasteiger partial charge in [-0.15, -0.1) is 0 Å². The molecule has 9 heteroatoms. The Hall–Kier alpha value is -3.75. The first kappa shape index (κ1) is 25.9. The van der Waals surface area contributed by atoms with Gasteiger partial charge in [0.25, 0.3) is 0 Å². The van der Waals surface area contributed by atoms with Crippen LogP contribution in [0.2, 0.25) is 0 Å². The van der Waals surface area contributed by atoms with Gasteiger partial charge in [-0.3, -0.25) is 4.79 Å². The largest absolute Gasteiger partial charge is 0.497 e. The quantitative estimate of drug-likeness (QED) is 0.566. The van der Waals surface area contributed by atoms with E-state index >= 15 is 0 Å². The summed E-state index contributed by atoms with van der Waals surface area (Å²) in [5, 5.41) is 8.54. The van der Waals surface area contributed by atoms with E-state index < -0.39 is 12.1 Å². The highest BCUT2D eigenvalue weighted by Gasteiger charge is 2.33. The zero-order chi connectivity index (χ0) is 25.4. The summed E-state index contributed by atoms with van der Waals surface area (Å²) in [6.07, 6.45) is 0.355. The molecule has 5 amide bonds. The van der Waals surface area contributed by atoms with Crippen molar-refractivity contribution in [3.63, 3.8) is 0 Å². The van der Waals surface area contributed by atoms with Gasteiger partial charge in [-0.2, -0.15) is 0 Å². The molecule has 2 aromatic carbocycles. The molecule has 0 spiro atoms. The molecule has 3 N–H and O–H groups in total. The first-order chi connectivity index (χ1) is 16.8. The highest BCUT2D eigenvalue weighted by atomic mass is 16.5. The predicted molar refractivity (Wildman–Crippen MR) is 135 cm³/mol. The first-order valence-corrected chi connectivity index (χ1v) is 11.9. The van der Waals surface area contributed by atoms with Gasteiger partial charge in [0.15, 0.2) is 0 Å². The summed E-state index contributed by atoms with van der Waals surface area (Å²) >= 11 is 0. The van der Waals surface area contributed by atoms with Gasteiger partial charge in [0.2, 0.25) is 5.91 Å². The Bertz CT molecular complexity index is 1010. The molecule has 0 radical (unpaired) electrons. The van der Waals surface area contributed by atoms with Crippen LogP contribution in [0.25, 0.3) is 0 Å². The van der Waals surface area contributed by atoms with Gasteiger partial charge in [0.05, 0.1) is 7.11 Å². The lowest BCUT2D eigenvalue weighted by Gasteiger charge is -2.41. The fraction of sp³-hybridized carbons (Fsp3) is 0.423. The maximum Gasteiger partial charge on any atom is 0.319 e. The number of hydrogen-bond acceptors (Lipinski definition) is 4. The molecule has 2 unspecified atom stereocenters. The Morgan fingerprint density at radius 2 is 1.77 bits per heavy atom. The topological polar surface area (TPSA) is 103 Å². The van der Waals surface area contributed by atoms with Gasteiger partial charge in [-0.1, -0.05) is 36.4 Å². The molecule has 1 aliphatic rings. The van der Waals surface area contributed by atoms with E-state index in [2.05, 4.69) is 16.0 Å². The molecule has 1 aliphatic heterocycles. The number of nitrogens with one attached hydrogen (secondary N) is 3. The minimum absolute atomic E-state index is 0.0388. The average Bonchev–Trinajstić information content (AvgIpc) is 2.83. The van der Waals surface area contributed by atoms with Crippen LogP contribution >= 0.6 is 0 Å². The van der Waals surface area contributed by atoms with E-state index in [-0.39, 0.29) is 24.0 Å². The number of piperazine rings is 1. The van der Waals surface area contributed by atoms with Crippen LogP contribution in [-0.4, -0.2) is 72.6 Å². The molecule has 3 rings (SSSR count). The van der Waals surface area contributed by atoms with Crippen LogP contribution in [0.15, 0.2) is 54.6 Å². The monoisotopic (exact) mass is 481 g/mol. The van der Waals surface area contributed by atoms with Gasteiger partial charge < -0.3 is 30.5 Å². The standard InChI is InChI=1S/C26H35N5O4/c1-18(2)27-26(34)31-14-13-30(17-19(31)3)24(32)23(15-20-9-6-5-7-10-20)29-25(33)28-21-11-8-12-22(16-21)35-4/h5-12,16,18-19,23H,13-15,17H2,1-4H3,(H,27,34)(H2,28,29,33). The van der Waals surface area contributed by atoms with E-state index in [4.69, 9.17) is 4.74 Å². The smallest absolute Gasteiger partial charge is 0.319 e. The lowest BCUT2D eigenvalue weighted by Crippen LogP contribution is -2.61. The number of carbonyl (C=O) groups excluding carboxylic acids is 3. The highest BCUT2D eigenvalue weighted by Crippen LogP contribution is 2.17. The Labute approximate surface area is 206 Å². The fourth-order valence-corrected chi connectivity index (χ4v) is 4.09. The number of anilines is 1. The second kappa shape index (κ2) is 12.1. The van der Waals surface area contributed by atoms with Gasteiger partial charge >= 0.3 is 12.1 Å². The molecule has 1 saturated heterocycles. The van der Waals surface area contributed by atoms with Crippen molar-refractivity contribution in [1.29, 1.82) is 0 Å². The molecule has 0 aliphatic carbocycles. The maximum absolute atomic E-state index is 13.5. The molecule has 188 valence electrons. The summed E-state index contributed by atoms with van der Waals surface area (Å²) < 4.78 is 5.21. The molecule has 1 heterocycles. The molecule has 1 fully saturated rings. The third-order valence-electron chi connectivity index (χ3n) is 5.83. The number of urea groups is 2. The number of hydrogen-bond donors (Lipinski definition) is 3. The van der Waals surface area contributed by atoms with Crippen molar-refractivity contribution in [2.45, 2.75) is 45.3 Å². The lowest BCUT2D eigenvalue weighted by molar-refractivity contribution is -0.135. The van der Waals surface area contributed by atoms with E-state index in [1.54, 1.807) is 41.2 Å². The Morgan fingerprint density at radius 3 is 2.43 bits per heavy atom. The average molecular weight is 482 g/mol. The SMILES string of the molecule is COc1cccc(NC(=O)NC(Cc2ccccc2)C(=O)N2CCN(C(=O)NC(C)C)C(C)C2)c1. The van der Waals surface area contributed by atoms with Crippen LogP contribution in [-0.2, 0) is 11.2 Å². The highest BCUT2D eigenvalue weighted by molar-refractivity contribution is 5.94. The molecular formula is C26H35N5O4. The van der Waals surface area contributed by atoms with Crippen LogP contribution in [0, 0.1) is 0 Å². The third kappa shape index (κ3) is 7.37. The van der Waals surface area contributed by atoms with Crippen LogP contribution in [0.1, 0.15) is 26.3 Å². The summed E-state index contributed by atoms with van der Waals surface area (Å²) in [4.78, 5) is 42.3. The zero-order valence-corrected chi connectivity index (χ0v) is 20.8. The van der Waals surface area contributed by atoms with E-state index in [0.29, 0.717) is 37.5 Å². The molecule has 35 heavy (non-hydrogen) atoms. The van der Waals surface area contributed by atoms with Crippen molar-refractivity contribution in [1.82, 2.24) is 20.4 Å². The van der Waals surface area contributed by atoms with Crippen molar-refractivity contribution in [3.8, 4) is 5.75 Å². The minimum Gasteiger partial charge on any atom is -0.497 e. The Kier molecular flexibility index (Phi) is 8.94. The van der Waals surface area contributed by atoms with Crippen molar-refractivity contribution >= 4 is 23.7 Å². The second-order valence-corrected chi connectivity index (χ2v) is 9.00. The molecule has 0 saturated carbocycles. The lowest BCUT2D eigenvalue weighted by atomic mass is 10.0. The van der Waals surface area contributed by atoms with Crippen molar-refractivity contribution in [3.05, 3.63) is 60.2 Å². The molecule has 0 aromatic heterocycles. The Morgan fingerprint density at radius 1 is 1.03 bits per heavy atom. The van der Waals surface area contributed by atoms with Crippen molar-refractivity contribution < 1.29 is 19.1 Å². The molecule has 2 aromatic rings. The van der Waals surface area contributed by atoms with Gasteiger partial charge in [-0.05, 0) is 38.5 Å². The normalized spacial score (nSPS) is 16.4. The summed E-state index contributed by atoms with van der Waals surface area (Å²) in [5.41, 5.74) is 1.50. The minimum atomic E-state index is -0.758. The van der Waals surface area contributed by atoms with Gasteiger partial charge in [0, 0.05) is 49.9 Å². The number of ether oxygens (including phenoxy) is 1. The number of carbonyl (C=O) groups is 3. The number of benzene rings is 2. The van der Waals surface area contributed by atoms with Crippen LogP contribution in [0.4, 0.5) is 15.3 Å². The first-order valence-electron chi connectivity index (χ1n) is 11.9. The molecular weight excluding hydrogens is 446 g/mol. The van der Waals surface area contributed by atoms with E-state index in [1.165, 1.54) is 0 Å². The van der Waals surface area contributed by atoms with Crippen molar-refractivity contribution in [2.24, 2.45) is 0 Å². The summed E-state index contributed by atoms with van der Waals surface area (Å²) in [7, 11) is 1.56. The van der Waals surface area contributed by atoms with Gasteiger partial charge in [0.1, 0.15) is 11.8 Å². The summed E-state index contributed by atoms with van der Waals surface area (Å²) in [5.74, 6) is 0.443. The van der Waals surface area contributed by atoms with E-state index in [0.717, 1.165) is 5.56 Å². The van der Waals surface area contributed by atoms with Crippen LogP contribution < -0.4 is 20.7 Å².